The number of hydrogen-bond acceptors (Lipinski definition) is 3. The van der Waals surface area contributed by atoms with Gasteiger partial charge >= 0.3 is 0 Å². The Labute approximate surface area is 153 Å². The second-order valence-corrected chi connectivity index (χ2v) is 6.31. The zero-order valence-corrected chi connectivity index (χ0v) is 14.6. The van der Waals surface area contributed by atoms with Gasteiger partial charge in [-0.3, -0.25) is 9.59 Å². The Hall–Kier alpha value is -3.48. The maximum atomic E-state index is 13.7. The summed E-state index contributed by atoms with van der Waals surface area (Å²) in [5.41, 5.74) is 1.34. The highest BCUT2D eigenvalue weighted by Crippen LogP contribution is 2.25. The maximum absolute atomic E-state index is 13.7. The number of carbonyl (C=O) groups excluding carboxylic acids is 1. The highest BCUT2D eigenvalue weighted by atomic mass is 19.1. The Morgan fingerprint density at radius 1 is 1.11 bits per heavy atom. The van der Waals surface area contributed by atoms with E-state index < -0.39 is 0 Å². The van der Waals surface area contributed by atoms with Crippen LogP contribution in [0.2, 0.25) is 0 Å². The first-order valence-electron chi connectivity index (χ1n) is 8.49. The van der Waals surface area contributed by atoms with E-state index in [1.165, 1.54) is 10.7 Å². The number of carbonyl (C=O) groups is 1. The first kappa shape index (κ1) is 17.0. The number of para-hydroxylation sites is 1. The van der Waals surface area contributed by atoms with Crippen molar-refractivity contribution < 1.29 is 9.18 Å². The van der Waals surface area contributed by atoms with Crippen molar-refractivity contribution in [1.82, 2.24) is 19.7 Å². The summed E-state index contributed by atoms with van der Waals surface area (Å²) >= 11 is 0. The topological polar surface area (TPSA) is 68.9 Å². The fourth-order valence-corrected chi connectivity index (χ4v) is 3.24. The number of nitrogens with one attached hydrogen (secondary N) is 1. The van der Waals surface area contributed by atoms with Gasteiger partial charge in [0.25, 0.3) is 5.56 Å². The van der Waals surface area contributed by atoms with Gasteiger partial charge in [0.15, 0.2) is 0 Å². The van der Waals surface area contributed by atoms with Gasteiger partial charge < -0.3 is 9.88 Å². The molecule has 4 aromatic rings. The molecule has 0 bridgehead atoms. The third-order valence-corrected chi connectivity index (χ3v) is 4.60. The third kappa shape index (κ3) is 2.97. The Balaban J connectivity index is 1.70. The van der Waals surface area contributed by atoms with E-state index in [9.17, 15) is 14.0 Å². The molecule has 2 aromatic carbocycles. The predicted octanol–water partition coefficient (Wildman–Crippen LogP) is 2.34. The van der Waals surface area contributed by atoms with E-state index in [2.05, 4.69) is 10.4 Å². The van der Waals surface area contributed by atoms with Crippen molar-refractivity contribution >= 4 is 27.7 Å². The Morgan fingerprint density at radius 3 is 2.67 bits per heavy atom. The van der Waals surface area contributed by atoms with Gasteiger partial charge in [0, 0.05) is 35.4 Å². The summed E-state index contributed by atoms with van der Waals surface area (Å²) < 4.78 is 16.7. The molecule has 0 aliphatic heterocycles. The minimum Gasteiger partial charge on any atom is -0.350 e. The van der Waals surface area contributed by atoms with Crippen LogP contribution in [0.3, 0.4) is 0 Å². The largest absolute Gasteiger partial charge is 0.350 e. The molecule has 0 spiro atoms. The SMILES string of the molecule is Cn1ncc2c3ccccc3n(CC(=O)NCc3ccccc3F)c2c1=O. The highest BCUT2D eigenvalue weighted by Gasteiger charge is 2.17. The van der Waals surface area contributed by atoms with Crippen LogP contribution >= 0.6 is 0 Å². The molecular formula is C20H17FN4O2. The minimum atomic E-state index is -0.366. The summed E-state index contributed by atoms with van der Waals surface area (Å²) in [4.78, 5) is 25.1. The van der Waals surface area contributed by atoms with Crippen molar-refractivity contribution in [3.8, 4) is 0 Å². The molecule has 0 aliphatic carbocycles. The van der Waals surface area contributed by atoms with Crippen molar-refractivity contribution in [2.24, 2.45) is 7.05 Å². The van der Waals surface area contributed by atoms with Crippen molar-refractivity contribution in [2.45, 2.75) is 13.1 Å². The van der Waals surface area contributed by atoms with Gasteiger partial charge in [0.05, 0.1) is 6.20 Å². The Morgan fingerprint density at radius 2 is 1.85 bits per heavy atom. The van der Waals surface area contributed by atoms with Crippen molar-refractivity contribution in [2.75, 3.05) is 0 Å². The van der Waals surface area contributed by atoms with Gasteiger partial charge in [-0.25, -0.2) is 9.07 Å². The number of fused-ring (bicyclic) bond motifs is 3. The number of benzene rings is 2. The third-order valence-electron chi connectivity index (χ3n) is 4.60. The molecule has 0 fully saturated rings. The fourth-order valence-electron chi connectivity index (χ4n) is 3.24. The number of amides is 1. The van der Waals surface area contributed by atoms with Gasteiger partial charge in [-0.1, -0.05) is 36.4 Å². The van der Waals surface area contributed by atoms with Crippen LogP contribution in [0.4, 0.5) is 4.39 Å². The summed E-state index contributed by atoms with van der Waals surface area (Å²) in [6.07, 6.45) is 1.63. The number of aromatic nitrogens is 3. The lowest BCUT2D eigenvalue weighted by atomic mass is 10.2. The van der Waals surface area contributed by atoms with E-state index in [4.69, 9.17) is 0 Å². The second kappa shape index (κ2) is 6.68. The Bertz CT molecular complexity index is 1230. The lowest BCUT2D eigenvalue weighted by molar-refractivity contribution is -0.121. The highest BCUT2D eigenvalue weighted by molar-refractivity contribution is 6.07. The molecule has 27 heavy (non-hydrogen) atoms. The molecule has 0 aliphatic rings. The average Bonchev–Trinajstić information content (AvgIpc) is 2.98. The van der Waals surface area contributed by atoms with Crippen LogP contribution in [0, 0.1) is 5.82 Å². The van der Waals surface area contributed by atoms with Crippen molar-refractivity contribution in [3.05, 3.63) is 76.5 Å². The quantitative estimate of drug-likeness (QED) is 0.604. The van der Waals surface area contributed by atoms with Crippen LogP contribution < -0.4 is 10.9 Å². The van der Waals surface area contributed by atoms with E-state index in [-0.39, 0.29) is 30.4 Å². The van der Waals surface area contributed by atoms with Gasteiger partial charge in [-0.15, -0.1) is 0 Å². The first-order chi connectivity index (χ1) is 13.1. The first-order valence-corrected chi connectivity index (χ1v) is 8.49. The Kier molecular flexibility index (Phi) is 4.19. The predicted molar refractivity (Wildman–Crippen MR) is 101 cm³/mol. The summed E-state index contributed by atoms with van der Waals surface area (Å²) in [6.45, 7) is 0.0416. The van der Waals surface area contributed by atoms with E-state index in [1.54, 1.807) is 36.0 Å². The summed E-state index contributed by atoms with van der Waals surface area (Å²) in [6, 6.07) is 13.8. The number of aryl methyl sites for hydroxylation is 1. The van der Waals surface area contributed by atoms with Gasteiger partial charge in [-0.05, 0) is 12.1 Å². The standard InChI is InChI=1S/C20H17FN4O2/c1-24-20(27)19-15(11-23-24)14-7-3-5-9-17(14)25(19)12-18(26)22-10-13-6-2-4-8-16(13)21/h2-9,11H,10,12H2,1H3,(H,22,26). The van der Waals surface area contributed by atoms with Gasteiger partial charge in [0.1, 0.15) is 17.9 Å². The van der Waals surface area contributed by atoms with E-state index >= 15 is 0 Å². The molecule has 1 amide bonds. The lowest BCUT2D eigenvalue weighted by Gasteiger charge is -2.09. The maximum Gasteiger partial charge on any atom is 0.291 e. The molecule has 1 N–H and O–H groups in total. The molecule has 0 radical (unpaired) electrons. The van der Waals surface area contributed by atoms with Crippen LogP contribution in [-0.2, 0) is 24.9 Å². The molecule has 0 unspecified atom stereocenters. The lowest BCUT2D eigenvalue weighted by Crippen LogP contribution is -2.29. The normalized spacial score (nSPS) is 11.2. The monoisotopic (exact) mass is 364 g/mol. The summed E-state index contributed by atoms with van der Waals surface area (Å²) in [5.74, 6) is -0.672. The van der Waals surface area contributed by atoms with Crippen molar-refractivity contribution in [3.63, 3.8) is 0 Å². The molecule has 2 heterocycles. The minimum absolute atomic E-state index is 0.0439. The second-order valence-electron chi connectivity index (χ2n) is 6.31. The van der Waals surface area contributed by atoms with Gasteiger partial charge in [0.2, 0.25) is 5.91 Å². The van der Waals surface area contributed by atoms with Crippen LogP contribution in [0.1, 0.15) is 5.56 Å². The molecule has 4 rings (SSSR count). The zero-order chi connectivity index (χ0) is 19.0. The van der Waals surface area contributed by atoms with Crippen LogP contribution in [0.15, 0.2) is 59.5 Å². The van der Waals surface area contributed by atoms with Crippen molar-refractivity contribution in [1.29, 1.82) is 0 Å². The molecule has 0 atom stereocenters. The molecule has 7 heteroatoms. The average molecular weight is 364 g/mol. The van der Waals surface area contributed by atoms with E-state index in [0.717, 1.165) is 10.9 Å². The number of hydrogen-bond donors (Lipinski definition) is 1. The van der Waals surface area contributed by atoms with E-state index in [1.807, 2.05) is 24.3 Å². The molecular weight excluding hydrogens is 347 g/mol. The zero-order valence-electron chi connectivity index (χ0n) is 14.6. The van der Waals surface area contributed by atoms with Gasteiger partial charge in [-0.2, -0.15) is 5.10 Å². The molecule has 136 valence electrons. The summed E-state index contributed by atoms with van der Waals surface area (Å²) in [7, 11) is 1.57. The molecule has 2 aromatic heterocycles. The summed E-state index contributed by atoms with van der Waals surface area (Å²) in [5, 5.41) is 8.37. The molecule has 0 saturated carbocycles. The van der Waals surface area contributed by atoms with Crippen LogP contribution in [-0.4, -0.2) is 20.3 Å². The number of halogens is 1. The van der Waals surface area contributed by atoms with Crippen LogP contribution in [0.25, 0.3) is 21.8 Å². The van der Waals surface area contributed by atoms with E-state index in [0.29, 0.717) is 16.5 Å². The smallest absolute Gasteiger partial charge is 0.291 e. The molecule has 6 nitrogen and oxygen atoms in total. The molecule has 0 saturated heterocycles. The number of nitrogens with zero attached hydrogens (tertiary/aromatic N) is 3. The van der Waals surface area contributed by atoms with Crippen LogP contribution in [0.5, 0.6) is 0 Å². The fraction of sp³-hybridized carbons (Fsp3) is 0.150. The number of rotatable bonds is 4.